The summed E-state index contributed by atoms with van der Waals surface area (Å²) in [5.74, 6) is -0.478. The Balaban J connectivity index is 2.08. The Morgan fingerprint density at radius 2 is 1.63 bits per heavy atom. The first-order valence-electron chi connectivity index (χ1n) is 8.23. The minimum absolute atomic E-state index is 0.198. The van der Waals surface area contributed by atoms with Crippen molar-refractivity contribution in [2.45, 2.75) is 19.9 Å². The first kappa shape index (κ1) is 19.8. The zero-order chi connectivity index (χ0) is 20.0. The van der Waals surface area contributed by atoms with Crippen LogP contribution in [0.2, 0.25) is 0 Å². The van der Waals surface area contributed by atoms with Gasteiger partial charge in [0.05, 0.1) is 12.8 Å². The summed E-state index contributed by atoms with van der Waals surface area (Å²) in [5, 5.41) is 8.49. The van der Waals surface area contributed by atoms with Crippen LogP contribution in [0.15, 0.2) is 42.5 Å². The molecule has 8 heteroatoms. The third-order valence-corrected chi connectivity index (χ3v) is 3.72. The second-order valence-electron chi connectivity index (χ2n) is 5.89. The molecule has 142 valence electrons. The van der Waals surface area contributed by atoms with Gasteiger partial charge in [0, 0.05) is 23.9 Å². The maximum Gasteiger partial charge on any atom is 0.248 e. The van der Waals surface area contributed by atoms with Gasteiger partial charge in [0.15, 0.2) is 0 Å². The zero-order valence-corrected chi connectivity index (χ0v) is 15.3. The van der Waals surface area contributed by atoms with Gasteiger partial charge < -0.3 is 26.4 Å². The van der Waals surface area contributed by atoms with Crippen LogP contribution in [-0.4, -0.2) is 30.9 Å². The van der Waals surface area contributed by atoms with E-state index in [1.807, 2.05) is 0 Å². The van der Waals surface area contributed by atoms with Crippen molar-refractivity contribution in [1.29, 1.82) is 0 Å². The van der Waals surface area contributed by atoms with Gasteiger partial charge in [-0.2, -0.15) is 0 Å². The lowest BCUT2D eigenvalue weighted by molar-refractivity contribution is -0.116. The number of primary amides is 1. The molecule has 1 atom stereocenters. The van der Waals surface area contributed by atoms with Gasteiger partial charge in [0.2, 0.25) is 17.7 Å². The second-order valence-corrected chi connectivity index (χ2v) is 5.89. The summed E-state index contributed by atoms with van der Waals surface area (Å²) in [6.45, 7) is 3.11. The van der Waals surface area contributed by atoms with Crippen molar-refractivity contribution in [1.82, 2.24) is 0 Å². The molecular weight excluding hydrogens is 348 g/mol. The van der Waals surface area contributed by atoms with Crippen LogP contribution in [0.3, 0.4) is 0 Å². The van der Waals surface area contributed by atoms with E-state index in [2.05, 4.69) is 16.0 Å². The Morgan fingerprint density at radius 3 is 2.19 bits per heavy atom. The smallest absolute Gasteiger partial charge is 0.248 e. The number of nitrogens with two attached hydrogens (primary N) is 1. The number of ether oxygens (including phenoxy) is 1. The van der Waals surface area contributed by atoms with E-state index in [-0.39, 0.29) is 11.8 Å². The topological polar surface area (TPSA) is 123 Å². The number of hydrogen-bond acceptors (Lipinski definition) is 5. The molecule has 0 aliphatic carbocycles. The Kier molecular flexibility index (Phi) is 6.37. The molecule has 0 bridgehead atoms. The molecule has 5 N–H and O–H groups in total. The molecule has 0 aliphatic rings. The van der Waals surface area contributed by atoms with Crippen LogP contribution in [-0.2, 0) is 9.59 Å². The van der Waals surface area contributed by atoms with Crippen LogP contribution in [0.25, 0.3) is 0 Å². The van der Waals surface area contributed by atoms with Crippen molar-refractivity contribution < 1.29 is 19.1 Å². The average Bonchev–Trinajstić information content (AvgIpc) is 2.61. The lowest BCUT2D eigenvalue weighted by Crippen LogP contribution is -2.32. The van der Waals surface area contributed by atoms with E-state index in [1.165, 1.54) is 26.2 Å². The Bertz CT molecular complexity index is 849. The van der Waals surface area contributed by atoms with E-state index in [0.717, 1.165) is 0 Å². The highest BCUT2D eigenvalue weighted by Gasteiger charge is 2.16. The fraction of sp³-hybridized carbons (Fsp3) is 0.211. The fourth-order valence-electron chi connectivity index (χ4n) is 2.37. The summed E-state index contributed by atoms with van der Waals surface area (Å²) < 4.78 is 5.29. The maximum atomic E-state index is 12.4. The third kappa shape index (κ3) is 5.46. The van der Waals surface area contributed by atoms with E-state index >= 15 is 0 Å². The van der Waals surface area contributed by atoms with Gasteiger partial charge in [0.25, 0.3) is 0 Å². The summed E-state index contributed by atoms with van der Waals surface area (Å²) in [4.78, 5) is 34.7. The van der Waals surface area contributed by atoms with Gasteiger partial charge in [-0.05, 0) is 49.4 Å². The van der Waals surface area contributed by atoms with Crippen molar-refractivity contribution in [3.8, 4) is 5.75 Å². The number of anilines is 3. The normalized spacial score (nSPS) is 11.2. The van der Waals surface area contributed by atoms with Crippen molar-refractivity contribution in [2.75, 3.05) is 23.1 Å². The van der Waals surface area contributed by atoms with Crippen molar-refractivity contribution in [2.24, 2.45) is 5.73 Å². The number of hydrogen-bond donors (Lipinski definition) is 4. The first-order valence-corrected chi connectivity index (χ1v) is 8.23. The molecule has 3 amide bonds. The second kappa shape index (κ2) is 8.70. The van der Waals surface area contributed by atoms with Crippen molar-refractivity contribution in [3.05, 3.63) is 48.0 Å². The molecule has 27 heavy (non-hydrogen) atoms. The number of nitrogens with one attached hydrogen (secondary N) is 3. The minimum Gasteiger partial charge on any atom is -0.495 e. The highest BCUT2D eigenvalue weighted by Crippen LogP contribution is 2.28. The quantitative estimate of drug-likeness (QED) is 0.595. The Labute approximate surface area is 157 Å². The molecule has 0 heterocycles. The monoisotopic (exact) mass is 370 g/mol. The maximum absolute atomic E-state index is 12.4. The summed E-state index contributed by atoms with van der Waals surface area (Å²) in [5.41, 5.74) is 7.24. The molecule has 0 saturated heterocycles. The Hall–Kier alpha value is -3.55. The zero-order valence-electron chi connectivity index (χ0n) is 15.3. The van der Waals surface area contributed by atoms with Crippen molar-refractivity contribution in [3.63, 3.8) is 0 Å². The molecule has 2 aromatic carbocycles. The van der Waals surface area contributed by atoms with Gasteiger partial charge in [-0.15, -0.1) is 0 Å². The summed E-state index contributed by atoms with van der Waals surface area (Å²) in [6, 6.07) is 10.8. The van der Waals surface area contributed by atoms with Crippen molar-refractivity contribution >= 4 is 34.8 Å². The van der Waals surface area contributed by atoms with Crippen LogP contribution >= 0.6 is 0 Å². The molecule has 2 aromatic rings. The standard InChI is InChI=1S/C19H22N4O4/c1-11(19(26)23-14-6-4-13(5-7-14)18(20)25)21-16-10-15(22-12(2)24)8-9-17(16)27-3/h4-11,21H,1-3H3,(H2,20,25)(H,22,24)(H,23,26)/t11-/m0/s1. The average molecular weight is 370 g/mol. The van der Waals surface area contributed by atoms with E-state index in [9.17, 15) is 14.4 Å². The molecule has 0 saturated carbocycles. The molecule has 0 unspecified atom stereocenters. The molecule has 0 aromatic heterocycles. The molecule has 0 radical (unpaired) electrons. The largest absolute Gasteiger partial charge is 0.495 e. The summed E-state index contributed by atoms with van der Waals surface area (Å²) >= 11 is 0. The molecular formula is C19H22N4O4. The predicted molar refractivity (Wildman–Crippen MR) is 104 cm³/mol. The van der Waals surface area contributed by atoms with Gasteiger partial charge >= 0.3 is 0 Å². The molecule has 0 aliphatic heterocycles. The Morgan fingerprint density at radius 1 is 1.00 bits per heavy atom. The van der Waals surface area contributed by atoms with Gasteiger partial charge in [0.1, 0.15) is 11.8 Å². The van der Waals surface area contributed by atoms with E-state index in [4.69, 9.17) is 10.5 Å². The molecule has 0 fully saturated rings. The SMILES string of the molecule is COc1ccc(NC(C)=O)cc1N[C@@H](C)C(=O)Nc1ccc(C(N)=O)cc1. The number of carbonyl (C=O) groups excluding carboxylic acids is 3. The summed E-state index contributed by atoms with van der Waals surface area (Å²) in [6.07, 6.45) is 0. The predicted octanol–water partition coefficient (Wildman–Crippen LogP) is 2.19. The molecule has 2 rings (SSSR count). The highest BCUT2D eigenvalue weighted by molar-refractivity contribution is 5.98. The van der Waals surface area contributed by atoms with Crippen LogP contribution in [0.5, 0.6) is 5.75 Å². The number of carbonyl (C=O) groups is 3. The van der Waals surface area contributed by atoms with Crippen LogP contribution < -0.4 is 26.4 Å². The van der Waals surface area contributed by atoms with E-state index in [1.54, 1.807) is 37.3 Å². The van der Waals surface area contributed by atoms with Gasteiger partial charge in [-0.25, -0.2) is 0 Å². The van der Waals surface area contributed by atoms with E-state index < -0.39 is 11.9 Å². The first-order chi connectivity index (χ1) is 12.8. The van der Waals surface area contributed by atoms with E-state index in [0.29, 0.717) is 28.4 Å². The van der Waals surface area contributed by atoms with Crippen LogP contribution in [0.4, 0.5) is 17.1 Å². The van der Waals surface area contributed by atoms with Crippen LogP contribution in [0, 0.1) is 0 Å². The minimum atomic E-state index is -0.595. The number of benzene rings is 2. The molecule has 8 nitrogen and oxygen atoms in total. The number of rotatable bonds is 7. The van der Waals surface area contributed by atoms with Gasteiger partial charge in [-0.1, -0.05) is 0 Å². The lowest BCUT2D eigenvalue weighted by Gasteiger charge is -2.18. The number of amides is 3. The van der Waals surface area contributed by atoms with Gasteiger partial charge in [-0.3, -0.25) is 14.4 Å². The third-order valence-electron chi connectivity index (χ3n) is 3.72. The fourth-order valence-corrected chi connectivity index (χ4v) is 2.37. The summed E-state index contributed by atoms with van der Waals surface area (Å²) in [7, 11) is 1.52. The highest BCUT2D eigenvalue weighted by atomic mass is 16.5. The molecule has 0 spiro atoms. The van der Waals surface area contributed by atoms with Crippen LogP contribution in [0.1, 0.15) is 24.2 Å². The number of methoxy groups -OCH3 is 1. The lowest BCUT2D eigenvalue weighted by atomic mass is 10.2.